The standard InChI is InChI=1S/C21H20ClN3O5/c22-15-4-2-1-3-14(15)10-23-19(26)8-6-16-20(27)25(21(28)24-16)11-13-5-7-17-18(9-13)30-12-29-17/h1-5,7,9,16H,6,8,10-12H2,(H,23,26)(H,24,28)/t16-/m1/s1. The molecule has 4 rings (SSSR count). The lowest BCUT2D eigenvalue weighted by Gasteiger charge is -2.13. The molecule has 2 aromatic carbocycles. The Balaban J connectivity index is 1.28. The van der Waals surface area contributed by atoms with Gasteiger partial charge in [-0.3, -0.25) is 14.5 Å². The van der Waals surface area contributed by atoms with Crippen molar-refractivity contribution >= 4 is 29.4 Å². The molecule has 0 bridgehead atoms. The number of amides is 4. The SMILES string of the molecule is O=C(CC[C@H]1NC(=O)N(Cc2ccc3c(c2)OCO3)C1=O)NCc1ccccc1Cl. The minimum absolute atomic E-state index is 0.110. The Morgan fingerprint density at radius 3 is 2.80 bits per heavy atom. The minimum atomic E-state index is -0.724. The molecular weight excluding hydrogens is 410 g/mol. The highest BCUT2D eigenvalue weighted by Gasteiger charge is 2.38. The Bertz CT molecular complexity index is 996. The molecule has 156 valence electrons. The van der Waals surface area contributed by atoms with E-state index in [1.165, 1.54) is 0 Å². The molecule has 0 aromatic heterocycles. The lowest BCUT2D eigenvalue weighted by molar-refractivity contribution is -0.128. The van der Waals surface area contributed by atoms with Gasteiger partial charge in [0, 0.05) is 18.0 Å². The van der Waals surface area contributed by atoms with Gasteiger partial charge in [-0.25, -0.2) is 4.79 Å². The van der Waals surface area contributed by atoms with Crippen LogP contribution < -0.4 is 20.1 Å². The van der Waals surface area contributed by atoms with E-state index in [1.54, 1.807) is 24.3 Å². The molecule has 0 aliphatic carbocycles. The highest BCUT2D eigenvalue weighted by Crippen LogP contribution is 2.33. The summed E-state index contributed by atoms with van der Waals surface area (Å²) >= 11 is 6.07. The van der Waals surface area contributed by atoms with Crippen molar-refractivity contribution in [3.8, 4) is 11.5 Å². The second kappa shape index (κ2) is 8.62. The smallest absolute Gasteiger partial charge is 0.325 e. The number of carbonyl (C=O) groups is 3. The van der Waals surface area contributed by atoms with Gasteiger partial charge in [0.1, 0.15) is 6.04 Å². The first-order valence-electron chi connectivity index (χ1n) is 9.52. The van der Waals surface area contributed by atoms with E-state index in [9.17, 15) is 14.4 Å². The van der Waals surface area contributed by atoms with Gasteiger partial charge in [-0.1, -0.05) is 35.9 Å². The van der Waals surface area contributed by atoms with E-state index in [1.807, 2.05) is 18.2 Å². The molecule has 0 radical (unpaired) electrons. The third-order valence-corrected chi connectivity index (χ3v) is 5.35. The number of nitrogens with zero attached hydrogens (tertiary/aromatic N) is 1. The number of urea groups is 1. The molecule has 0 saturated carbocycles. The van der Waals surface area contributed by atoms with E-state index in [0.29, 0.717) is 23.1 Å². The van der Waals surface area contributed by atoms with Crippen molar-refractivity contribution in [2.24, 2.45) is 0 Å². The summed E-state index contributed by atoms with van der Waals surface area (Å²) in [6.45, 7) is 0.582. The predicted molar refractivity (Wildman–Crippen MR) is 108 cm³/mol. The van der Waals surface area contributed by atoms with Crippen molar-refractivity contribution in [3.63, 3.8) is 0 Å². The normalized spacial score (nSPS) is 17.2. The average molecular weight is 430 g/mol. The van der Waals surface area contributed by atoms with E-state index >= 15 is 0 Å². The molecule has 2 N–H and O–H groups in total. The second-order valence-corrected chi connectivity index (χ2v) is 7.43. The molecule has 2 aliphatic rings. The van der Waals surface area contributed by atoms with Gasteiger partial charge in [-0.15, -0.1) is 0 Å². The van der Waals surface area contributed by atoms with Crippen LogP contribution in [0, 0.1) is 0 Å². The summed E-state index contributed by atoms with van der Waals surface area (Å²) in [5.41, 5.74) is 1.56. The summed E-state index contributed by atoms with van der Waals surface area (Å²) < 4.78 is 10.6. The van der Waals surface area contributed by atoms with Crippen molar-refractivity contribution < 1.29 is 23.9 Å². The second-order valence-electron chi connectivity index (χ2n) is 7.02. The van der Waals surface area contributed by atoms with Crippen LogP contribution in [0.15, 0.2) is 42.5 Å². The Labute approximate surface area is 178 Å². The van der Waals surface area contributed by atoms with Crippen molar-refractivity contribution in [2.75, 3.05) is 6.79 Å². The van der Waals surface area contributed by atoms with E-state index in [2.05, 4.69) is 10.6 Å². The Morgan fingerprint density at radius 1 is 1.17 bits per heavy atom. The maximum absolute atomic E-state index is 12.6. The lowest BCUT2D eigenvalue weighted by atomic mass is 10.1. The van der Waals surface area contributed by atoms with Crippen LogP contribution in [0.5, 0.6) is 11.5 Å². The minimum Gasteiger partial charge on any atom is -0.454 e. The first kappa shape index (κ1) is 20.0. The number of imide groups is 1. The summed E-state index contributed by atoms with van der Waals surface area (Å²) in [5, 5.41) is 6.00. The Hall–Kier alpha value is -3.26. The fourth-order valence-electron chi connectivity index (χ4n) is 3.34. The van der Waals surface area contributed by atoms with Crippen LogP contribution in [0.3, 0.4) is 0 Å². The zero-order valence-electron chi connectivity index (χ0n) is 16.0. The quantitative estimate of drug-likeness (QED) is 0.659. The van der Waals surface area contributed by atoms with Crippen LogP contribution >= 0.6 is 11.6 Å². The Morgan fingerprint density at radius 2 is 1.97 bits per heavy atom. The van der Waals surface area contributed by atoms with Crippen LogP contribution in [-0.4, -0.2) is 35.6 Å². The molecule has 4 amide bonds. The third kappa shape index (κ3) is 4.33. The summed E-state index contributed by atoms with van der Waals surface area (Å²) in [5.74, 6) is 0.658. The van der Waals surface area contributed by atoms with E-state index < -0.39 is 12.1 Å². The number of ether oxygens (including phenoxy) is 2. The molecule has 8 nitrogen and oxygen atoms in total. The zero-order chi connectivity index (χ0) is 21.1. The fraction of sp³-hybridized carbons (Fsp3) is 0.286. The summed E-state index contributed by atoms with van der Waals surface area (Å²) in [6, 6.07) is 11.3. The highest BCUT2D eigenvalue weighted by atomic mass is 35.5. The van der Waals surface area contributed by atoms with E-state index in [4.69, 9.17) is 21.1 Å². The molecule has 2 heterocycles. The number of hydrogen-bond acceptors (Lipinski definition) is 5. The van der Waals surface area contributed by atoms with Gasteiger partial charge in [0.05, 0.1) is 6.54 Å². The van der Waals surface area contributed by atoms with Crippen molar-refractivity contribution in [2.45, 2.75) is 32.0 Å². The average Bonchev–Trinajstić information content (AvgIpc) is 3.31. The number of nitrogens with one attached hydrogen (secondary N) is 2. The maximum atomic E-state index is 12.6. The summed E-state index contributed by atoms with van der Waals surface area (Å²) in [4.78, 5) is 38.2. The molecule has 2 aromatic rings. The molecule has 1 saturated heterocycles. The number of hydrogen-bond donors (Lipinski definition) is 2. The van der Waals surface area contributed by atoms with Crippen LogP contribution in [0.25, 0.3) is 0 Å². The Kier molecular flexibility index (Phi) is 5.76. The van der Waals surface area contributed by atoms with Crippen LogP contribution in [0.4, 0.5) is 4.79 Å². The van der Waals surface area contributed by atoms with Gasteiger partial charge < -0.3 is 20.1 Å². The number of rotatable bonds is 7. The molecule has 1 fully saturated rings. The molecule has 9 heteroatoms. The maximum Gasteiger partial charge on any atom is 0.325 e. The van der Waals surface area contributed by atoms with Gasteiger partial charge in [-0.2, -0.15) is 0 Å². The summed E-state index contributed by atoms with van der Waals surface area (Å²) in [7, 11) is 0. The highest BCUT2D eigenvalue weighted by molar-refractivity contribution is 6.31. The van der Waals surface area contributed by atoms with Crippen molar-refractivity contribution in [3.05, 3.63) is 58.6 Å². The van der Waals surface area contributed by atoms with E-state index in [0.717, 1.165) is 16.0 Å². The molecule has 0 spiro atoms. The molecule has 2 aliphatic heterocycles. The van der Waals surface area contributed by atoms with Gasteiger partial charge >= 0.3 is 6.03 Å². The molecule has 1 atom stereocenters. The number of fused-ring (bicyclic) bond motifs is 1. The molecule has 30 heavy (non-hydrogen) atoms. The van der Waals surface area contributed by atoms with E-state index in [-0.39, 0.29) is 38.0 Å². The predicted octanol–water partition coefficient (Wildman–Crippen LogP) is 2.59. The van der Waals surface area contributed by atoms with Crippen LogP contribution in [0.1, 0.15) is 24.0 Å². The number of carbonyl (C=O) groups excluding carboxylic acids is 3. The van der Waals surface area contributed by atoms with Gasteiger partial charge in [0.15, 0.2) is 11.5 Å². The summed E-state index contributed by atoms with van der Waals surface area (Å²) in [6.07, 6.45) is 0.329. The first-order valence-corrected chi connectivity index (χ1v) is 9.89. The van der Waals surface area contributed by atoms with Crippen molar-refractivity contribution in [1.29, 1.82) is 0 Å². The van der Waals surface area contributed by atoms with Gasteiger partial charge in [-0.05, 0) is 35.7 Å². The lowest BCUT2D eigenvalue weighted by Crippen LogP contribution is -2.32. The van der Waals surface area contributed by atoms with Crippen LogP contribution in [0.2, 0.25) is 5.02 Å². The number of halogens is 1. The fourth-order valence-corrected chi connectivity index (χ4v) is 3.55. The first-order chi connectivity index (χ1) is 14.5. The monoisotopic (exact) mass is 429 g/mol. The third-order valence-electron chi connectivity index (χ3n) is 4.98. The molecule has 0 unspecified atom stereocenters. The van der Waals surface area contributed by atoms with Crippen molar-refractivity contribution in [1.82, 2.24) is 15.5 Å². The van der Waals surface area contributed by atoms with Gasteiger partial charge in [0.25, 0.3) is 5.91 Å². The topological polar surface area (TPSA) is 97.0 Å². The van der Waals surface area contributed by atoms with Gasteiger partial charge in [0.2, 0.25) is 12.7 Å². The largest absolute Gasteiger partial charge is 0.454 e. The van der Waals surface area contributed by atoms with Crippen LogP contribution in [-0.2, 0) is 22.7 Å². The molecular formula is C21H20ClN3O5. The number of benzene rings is 2. The zero-order valence-corrected chi connectivity index (χ0v) is 16.8.